The molecule has 1 rings (SSSR count). The molecule has 0 fully saturated rings. The summed E-state index contributed by atoms with van der Waals surface area (Å²) in [7, 11) is 0. The van der Waals surface area contributed by atoms with Crippen LogP contribution in [0.1, 0.15) is 19.0 Å². The maximum absolute atomic E-state index is 11.5. The highest BCUT2D eigenvalue weighted by atomic mass is 16.4. The molecule has 1 amide bonds. The number of pyridine rings is 1. The molecule has 4 N–H and O–H groups in total. The maximum atomic E-state index is 11.5. The van der Waals surface area contributed by atoms with E-state index in [0.717, 1.165) is 0 Å². The fourth-order valence-electron chi connectivity index (χ4n) is 1.29. The zero-order chi connectivity index (χ0) is 12.8. The van der Waals surface area contributed by atoms with Crippen LogP contribution in [0.3, 0.4) is 0 Å². The van der Waals surface area contributed by atoms with Gasteiger partial charge in [-0.3, -0.25) is 9.78 Å². The smallest absolute Gasteiger partial charge is 0.326 e. The predicted molar refractivity (Wildman–Crippen MR) is 62.2 cm³/mol. The molecule has 0 saturated heterocycles. The molecule has 0 aliphatic heterocycles. The SMILES string of the molecule is CCC(NC(=O)Cc1ccc(N)cn1)C(=O)O. The fourth-order valence-corrected chi connectivity index (χ4v) is 1.29. The van der Waals surface area contributed by atoms with Gasteiger partial charge in [0.05, 0.1) is 18.3 Å². The van der Waals surface area contributed by atoms with Gasteiger partial charge in [0.1, 0.15) is 6.04 Å². The highest BCUT2D eigenvalue weighted by molar-refractivity contribution is 5.84. The molecule has 1 heterocycles. The molecule has 0 saturated carbocycles. The Labute approximate surface area is 98.8 Å². The molecule has 0 aliphatic carbocycles. The maximum Gasteiger partial charge on any atom is 0.326 e. The minimum Gasteiger partial charge on any atom is -0.480 e. The van der Waals surface area contributed by atoms with Crippen molar-refractivity contribution >= 4 is 17.6 Å². The van der Waals surface area contributed by atoms with Crippen molar-refractivity contribution in [3.05, 3.63) is 24.0 Å². The number of nitrogens with zero attached hydrogens (tertiary/aromatic N) is 1. The number of carboxylic acid groups (broad SMARTS) is 1. The Morgan fingerprint density at radius 3 is 2.71 bits per heavy atom. The van der Waals surface area contributed by atoms with Crippen LogP contribution in [0, 0.1) is 0 Å². The molecular formula is C11H15N3O3. The molecule has 1 unspecified atom stereocenters. The standard InChI is InChI=1S/C11H15N3O3/c1-2-9(11(16)17)14-10(15)5-8-4-3-7(12)6-13-8/h3-4,6,9H,2,5,12H2,1H3,(H,14,15)(H,16,17). The quantitative estimate of drug-likeness (QED) is 0.677. The first-order valence-corrected chi connectivity index (χ1v) is 5.25. The largest absolute Gasteiger partial charge is 0.480 e. The highest BCUT2D eigenvalue weighted by Gasteiger charge is 2.17. The van der Waals surface area contributed by atoms with Gasteiger partial charge >= 0.3 is 5.97 Å². The van der Waals surface area contributed by atoms with Crippen molar-refractivity contribution in [1.82, 2.24) is 10.3 Å². The molecule has 0 radical (unpaired) electrons. The molecule has 0 aliphatic rings. The summed E-state index contributed by atoms with van der Waals surface area (Å²) in [6, 6.07) is 2.43. The topological polar surface area (TPSA) is 105 Å². The van der Waals surface area contributed by atoms with Gasteiger partial charge in [0, 0.05) is 5.69 Å². The third-order valence-corrected chi connectivity index (χ3v) is 2.23. The summed E-state index contributed by atoms with van der Waals surface area (Å²) in [4.78, 5) is 26.2. The van der Waals surface area contributed by atoms with E-state index in [4.69, 9.17) is 10.8 Å². The van der Waals surface area contributed by atoms with Gasteiger partial charge in [0.25, 0.3) is 0 Å². The minimum absolute atomic E-state index is 0.0457. The number of amides is 1. The van der Waals surface area contributed by atoms with Crippen LogP contribution in [0.25, 0.3) is 0 Å². The van der Waals surface area contributed by atoms with Crippen LogP contribution in [-0.4, -0.2) is 28.0 Å². The Hall–Kier alpha value is -2.11. The van der Waals surface area contributed by atoms with Crippen LogP contribution >= 0.6 is 0 Å². The van der Waals surface area contributed by atoms with E-state index in [2.05, 4.69) is 10.3 Å². The first-order chi connectivity index (χ1) is 8.02. The number of carboxylic acids is 1. The van der Waals surface area contributed by atoms with E-state index < -0.39 is 12.0 Å². The minimum atomic E-state index is -1.04. The molecule has 1 aromatic rings. The number of anilines is 1. The zero-order valence-electron chi connectivity index (χ0n) is 9.51. The van der Waals surface area contributed by atoms with Gasteiger partial charge < -0.3 is 16.2 Å². The van der Waals surface area contributed by atoms with Gasteiger partial charge in [-0.05, 0) is 18.6 Å². The second-order valence-corrected chi connectivity index (χ2v) is 3.63. The number of hydrogen-bond donors (Lipinski definition) is 3. The van der Waals surface area contributed by atoms with E-state index in [0.29, 0.717) is 17.8 Å². The summed E-state index contributed by atoms with van der Waals surface area (Å²) >= 11 is 0. The highest BCUT2D eigenvalue weighted by Crippen LogP contribution is 2.02. The average molecular weight is 237 g/mol. The summed E-state index contributed by atoms with van der Waals surface area (Å²) in [6.45, 7) is 1.69. The van der Waals surface area contributed by atoms with Crippen LogP contribution in [0.2, 0.25) is 0 Å². The van der Waals surface area contributed by atoms with E-state index in [9.17, 15) is 9.59 Å². The predicted octanol–water partition coefficient (Wildman–Crippen LogP) is 0.186. The summed E-state index contributed by atoms with van der Waals surface area (Å²) < 4.78 is 0. The molecule has 92 valence electrons. The first kappa shape index (κ1) is 13.0. The first-order valence-electron chi connectivity index (χ1n) is 5.25. The fraction of sp³-hybridized carbons (Fsp3) is 0.364. The monoisotopic (exact) mass is 237 g/mol. The molecule has 1 atom stereocenters. The number of rotatable bonds is 5. The van der Waals surface area contributed by atoms with E-state index in [1.54, 1.807) is 19.1 Å². The van der Waals surface area contributed by atoms with E-state index in [1.165, 1.54) is 6.20 Å². The lowest BCUT2D eigenvalue weighted by Gasteiger charge is -2.11. The molecule has 0 bridgehead atoms. The molecule has 0 aromatic carbocycles. The van der Waals surface area contributed by atoms with Crippen LogP contribution in [0.15, 0.2) is 18.3 Å². The third kappa shape index (κ3) is 4.10. The number of nitrogen functional groups attached to an aromatic ring is 1. The Kier molecular flexibility index (Phi) is 4.45. The van der Waals surface area contributed by atoms with Crippen molar-refractivity contribution in [3.63, 3.8) is 0 Å². The Morgan fingerprint density at radius 2 is 2.24 bits per heavy atom. The van der Waals surface area contributed by atoms with Gasteiger partial charge in [-0.15, -0.1) is 0 Å². The molecule has 1 aromatic heterocycles. The van der Waals surface area contributed by atoms with Crippen molar-refractivity contribution in [2.24, 2.45) is 0 Å². The molecule has 6 heteroatoms. The van der Waals surface area contributed by atoms with Crippen LogP contribution in [0.5, 0.6) is 0 Å². The summed E-state index contributed by atoms with van der Waals surface area (Å²) in [5.74, 6) is -1.40. The van der Waals surface area contributed by atoms with Crippen molar-refractivity contribution in [2.45, 2.75) is 25.8 Å². The average Bonchev–Trinajstić information content (AvgIpc) is 2.28. The van der Waals surface area contributed by atoms with E-state index >= 15 is 0 Å². The van der Waals surface area contributed by atoms with Crippen molar-refractivity contribution in [2.75, 3.05) is 5.73 Å². The Bertz CT molecular complexity index is 403. The number of nitrogens with one attached hydrogen (secondary N) is 1. The molecule has 0 spiro atoms. The lowest BCUT2D eigenvalue weighted by atomic mass is 10.2. The Balaban J connectivity index is 2.54. The van der Waals surface area contributed by atoms with Crippen molar-refractivity contribution in [3.8, 4) is 0 Å². The molecule has 17 heavy (non-hydrogen) atoms. The van der Waals surface area contributed by atoms with Gasteiger partial charge in [0.15, 0.2) is 0 Å². The van der Waals surface area contributed by atoms with Crippen molar-refractivity contribution in [1.29, 1.82) is 0 Å². The second kappa shape index (κ2) is 5.83. The number of hydrogen-bond acceptors (Lipinski definition) is 4. The third-order valence-electron chi connectivity index (χ3n) is 2.23. The number of nitrogens with two attached hydrogens (primary N) is 1. The lowest BCUT2D eigenvalue weighted by Crippen LogP contribution is -2.41. The number of aliphatic carboxylic acids is 1. The molecule has 6 nitrogen and oxygen atoms in total. The molecular weight excluding hydrogens is 222 g/mol. The van der Waals surface area contributed by atoms with Crippen LogP contribution in [0.4, 0.5) is 5.69 Å². The van der Waals surface area contributed by atoms with Crippen molar-refractivity contribution < 1.29 is 14.7 Å². The Morgan fingerprint density at radius 1 is 1.53 bits per heavy atom. The number of carbonyl (C=O) groups is 2. The van der Waals surface area contributed by atoms with E-state index in [1.807, 2.05) is 0 Å². The summed E-state index contributed by atoms with van der Waals surface area (Å²) in [5, 5.41) is 11.2. The second-order valence-electron chi connectivity index (χ2n) is 3.63. The zero-order valence-corrected chi connectivity index (χ0v) is 9.51. The number of carbonyl (C=O) groups excluding carboxylic acids is 1. The normalized spacial score (nSPS) is 11.8. The van der Waals surface area contributed by atoms with Crippen LogP contribution in [-0.2, 0) is 16.0 Å². The van der Waals surface area contributed by atoms with Gasteiger partial charge in [-0.1, -0.05) is 6.92 Å². The van der Waals surface area contributed by atoms with Gasteiger partial charge in [-0.2, -0.15) is 0 Å². The summed E-state index contributed by atoms with van der Waals surface area (Å²) in [6.07, 6.45) is 1.84. The van der Waals surface area contributed by atoms with Gasteiger partial charge in [0.2, 0.25) is 5.91 Å². The summed E-state index contributed by atoms with van der Waals surface area (Å²) in [5.41, 5.74) is 6.53. The van der Waals surface area contributed by atoms with Gasteiger partial charge in [-0.25, -0.2) is 4.79 Å². The van der Waals surface area contributed by atoms with E-state index in [-0.39, 0.29) is 12.3 Å². The van der Waals surface area contributed by atoms with Crippen LogP contribution < -0.4 is 11.1 Å². The number of aromatic nitrogens is 1. The lowest BCUT2D eigenvalue weighted by molar-refractivity contribution is -0.141.